The number of hydrogen-bond donors (Lipinski definition) is 1. The molecule has 0 saturated carbocycles. The molecule has 0 spiro atoms. The summed E-state index contributed by atoms with van der Waals surface area (Å²) in [6.07, 6.45) is 0. The van der Waals surface area contributed by atoms with Crippen molar-refractivity contribution in [1.29, 1.82) is 0 Å². The van der Waals surface area contributed by atoms with Crippen LogP contribution in [0.3, 0.4) is 0 Å². The molecule has 9 heteroatoms. The normalized spacial score (nSPS) is 14.2. The Labute approximate surface area is 211 Å². The van der Waals surface area contributed by atoms with Gasteiger partial charge in [-0.3, -0.25) is 9.59 Å². The molecule has 30 heavy (non-hydrogen) atoms. The number of piperazine rings is 1. The highest BCUT2D eigenvalue weighted by Gasteiger charge is 2.24. The van der Waals surface area contributed by atoms with E-state index in [4.69, 9.17) is 11.6 Å². The van der Waals surface area contributed by atoms with Crippen LogP contribution in [0.4, 0.5) is 11.4 Å². The van der Waals surface area contributed by atoms with Gasteiger partial charge in [0, 0.05) is 50.3 Å². The number of hydrogen-bond acceptors (Lipinski definition) is 3. The maximum absolute atomic E-state index is 12.7. The summed E-state index contributed by atoms with van der Waals surface area (Å²) in [5.41, 5.74) is 2.11. The number of carbonyl (C=O) groups is 2. The van der Waals surface area contributed by atoms with Gasteiger partial charge in [0.1, 0.15) is 0 Å². The quantitative estimate of drug-likeness (QED) is 0.320. The number of halogens is 4. The zero-order chi connectivity index (χ0) is 22.0. The van der Waals surface area contributed by atoms with Crippen LogP contribution in [0.25, 0.3) is 0 Å². The van der Waals surface area contributed by atoms with Crippen molar-refractivity contribution in [3.8, 4) is 0 Å². The first kappa shape index (κ1) is 23.8. The Morgan fingerprint density at radius 2 is 1.77 bits per heavy atom. The number of carbonyl (C=O) groups excluding carboxylic acids is 2. The number of nitrogens with zero attached hydrogens (tertiary/aromatic N) is 2. The van der Waals surface area contributed by atoms with Crippen LogP contribution in [-0.4, -0.2) is 42.9 Å². The van der Waals surface area contributed by atoms with Gasteiger partial charge in [0.25, 0.3) is 5.91 Å². The Bertz CT molecular complexity index is 979. The molecule has 160 valence electrons. The predicted octanol–water partition coefficient (Wildman–Crippen LogP) is 6.03. The molecule has 1 fully saturated rings. The highest BCUT2D eigenvalue weighted by Crippen LogP contribution is 2.31. The molecule has 1 aliphatic heterocycles. The third-order valence-corrected chi connectivity index (χ3v) is 8.16. The highest BCUT2D eigenvalue weighted by atomic mass is 127. The molecule has 0 aromatic heterocycles. The Morgan fingerprint density at radius 3 is 2.37 bits per heavy atom. The molecule has 5 nitrogen and oxygen atoms in total. The first-order valence-electron chi connectivity index (χ1n) is 9.46. The zero-order valence-corrected chi connectivity index (χ0v) is 22.6. The van der Waals surface area contributed by atoms with Crippen LogP contribution in [0.15, 0.2) is 39.3 Å². The number of nitrogens with one attached hydrogen (secondary N) is 1. The van der Waals surface area contributed by atoms with E-state index in [-0.39, 0.29) is 17.7 Å². The van der Waals surface area contributed by atoms with E-state index in [1.54, 1.807) is 12.1 Å². The lowest BCUT2D eigenvalue weighted by Gasteiger charge is -2.37. The molecule has 0 aliphatic carbocycles. The van der Waals surface area contributed by atoms with Gasteiger partial charge in [0.2, 0.25) is 5.91 Å². The summed E-state index contributed by atoms with van der Waals surface area (Å²) in [5.74, 6) is -0.00407. The summed E-state index contributed by atoms with van der Waals surface area (Å²) in [6, 6.07) is 9.22. The van der Waals surface area contributed by atoms with E-state index in [1.807, 2.05) is 36.9 Å². The van der Waals surface area contributed by atoms with Crippen molar-refractivity contribution in [2.75, 3.05) is 36.4 Å². The standard InChI is InChI=1S/C21H21Br2ClIN3O2/c1-12(2)21(30)28-7-5-27(6-8-28)18-4-3-14(11-17(18)24)26-20(29)15-9-13(22)10-16(23)19(15)25/h3-4,9-12H,5-8H2,1-2H3,(H,26,29). The number of rotatable bonds is 4. The molecule has 0 bridgehead atoms. The first-order valence-corrected chi connectivity index (χ1v) is 12.5. The van der Waals surface area contributed by atoms with Crippen molar-refractivity contribution >= 4 is 89.2 Å². The minimum atomic E-state index is -0.203. The van der Waals surface area contributed by atoms with Crippen molar-refractivity contribution < 1.29 is 9.59 Å². The van der Waals surface area contributed by atoms with Crippen molar-refractivity contribution in [2.24, 2.45) is 5.92 Å². The second kappa shape index (κ2) is 10.2. The van der Waals surface area contributed by atoms with Crippen LogP contribution in [0, 0.1) is 9.49 Å². The summed E-state index contributed by atoms with van der Waals surface area (Å²) < 4.78 is 2.51. The summed E-state index contributed by atoms with van der Waals surface area (Å²) in [5, 5.41) is 3.49. The monoisotopic (exact) mass is 667 g/mol. The largest absolute Gasteiger partial charge is 0.367 e. The van der Waals surface area contributed by atoms with Gasteiger partial charge in [-0.1, -0.05) is 41.4 Å². The molecule has 1 aliphatic rings. The van der Waals surface area contributed by atoms with Crippen molar-refractivity contribution in [3.63, 3.8) is 0 Å². The van der Waals surface area contributed by atoms with Crippen LogP contribution in [0.2, 0.25) is 5.02 Å². The average molecular weight is 670 g/mol. The Morgan fingerprint density at radius 1 is 1.10 bits per heavy atom. The average Bonchev–Trinajstić information content (AvgIpc) is 2.70. The summed E-state index contributed by atoms with van der Waals surface area (Å²) in [4.78, 5) is 29.0. The SMILES string of the molecule is CC(C)C(=O)N1CCN(c2ccc(NC(=O)c3cc(Br)cc(Br)c3I)cc2Cl)CC1. The fraction of sp³-hybridized carbons (Fsp3) is 0.333. The number of amides is 2. The van der Waals surface area contributed by atoms with Gasteiger partial charge in [-0.2, -0.15) is 0 Å². The minimum absolute atomic E-state index is 0.0111. The van der Waals surface area contributed by atoms with E-state index in [9.17, 15) is 9.59 Å². The lowest BCUT2D eigenvalue weighted by molar-refractivity contribution is -0.134. The van der Waals surface area contributed by atoms with E-state index in [0.717, 1.165) is 31.3 Å². The second-order valence-electron chi connectivity index (χ2n) is 7.34. The van der Waals surface area contributed by atoms with E-state index >= 15 is 0 Å². The van der Waals surface area contributed by atoms with Gasteiger partial charge in [-0.25, -0.2) is 0 Å². The number of anilines is 2. The summed E-state index contributed by atoms with van der Waals surface area (Å²) in [6.45, 7) is 6.67. The lowest BCUT2D eigenvalue weighted by Crippen LogP contribution is -2.50. The topological polar surface area (TPSA) is 52.7 Å². The van der Waals surface area contributed by atoms with Gasteiger partial charge in [-0.15, -0.1) is 0 Å². The maximum Gasteiger partial charge on any atom is 0.256 e. The number of benzene rings is 2. The molecule has 0 unspecified atom stereocenters. The van der Waals surface area contributed by atoms with Gasteiger partial charge in [0.05, 0.1) is 16.3 Å². The zero-order valence-electron chi connectivity index (χ0n) is 16.5. The van der Waals surface area contributed by atoms with Gasteiger partial charge in [0.15, 0.2) is 0 Å². The smallest absolute Gasteiger partial charge is 0.256 e. The van der Waals surface area contributed by atoms with Crippen LogP contribution in [0.1, 0.15) is 24.2 Å². The fourth-order valence-corrected chi connectivity index (χ4v) is 5.38. The van der Waals surface area contributed by atoms with Crippen LogP contribution < -0.4 is 10.2 Å². The lowest BCUT2D eigenvalue weighted by atomic mass is 10.1. The maximum atomic E-state index is 12.7. The van der Waals surface area contributed by atoms with E-state index < -0.39 is 0 Å². The van der Waals surface area contributed by atoms with E-state index in [2.05, 4.69) is 64.7 Å². The molecule has 2 aromatic rings. The third-order valence-electron chi connectivity index (χ3n) is 4.87. The molecule has 1 heterocycles. The highest BCUT2D eigenvalue weighted by molar-refractivity contribution is 14.1. The Hall–Kier alpha value is -0.840. The molecule has 2 aromatic carbocycles. The van der Waals surface area contributed by atoms with Gasteiger partial charge in [-0.05, 0) is 68.9 Å². The van der Waals surface area contributed by atoms with Crippen LogP contribution >= 0.6 is 66.1 Å². The molecule has 0 atom stereocenters. The predicted molar refractivity (Wildman–Crippen MR) is 138 cm³/mol. The van der Waals surface area contributed by atoms with Gasteiger partial charge < -0.3 is 15.1 Å². The van der Waals surface area contributed by atoms with Crippen LogP contribution in [-0.2, 0) is 4.79 Å². The Kier molecular flexibility index (Phi) is 8.09. The van der Waals surface area contributed by atoms with Crippen molar-refractivity contribution in [2.45, 2.75) is 13.8 Å². The van der Waals surface area contributed by atoms with E-state index in [0.29, 0.717) is 29.4 Å². The summed E-state index contributed by atoms with van der Waals surface area (Å²) in [7, 11) is 0. The van der Waals surface area contributed by atoms with Crippen molar-refractivity contribution in [1.82, 2.24) is 4.90 Å². The fourth-order valence-electron chi connectivity index (χ4n) is 3.29. The molecule has 0 radical (unpaired) electrons. The second-order valence-corrected chi connectivity index (χ2v) is 10.6. The summed E-state index contributed by atoms with van der Waals surface area (Å²) >= 11 is 15.6. The Balaban J connectivity index is 1.69. The first-order chi connectivity index (χ1) is 14.2. The van der Waals surface area contributed by atoms with Crippen LogP contribution in [0.5, 0.6) is 0 Å². The van der Waals surface area contributed by atoms with Gasteiger partial charge >= 0.3 is 0 Å². The minimum Gasteiger partial charge on any atom is -0.367 e. The molecular weight excluding hydrogens is 648 g/mol. The molecule has 2 amide bonds. The molecular formula is C21H21Br2ClIN3O2. The van der Waals surface area contributed by atoms with Crippen molar-refractivity contribution in [3.05, 3.63) is 53.4 Å². The van der Waals surface area contributed by atoms with E-state index in [1.165, 1.54) is 0 Å². The molecule has 1 saturated heterocycles. The third kappa shape index (κ3) is 5.49. The molecule has 1 N–H and O–H groups in total. The molecule has 3 rings (SSSR count).